The molecule has 0 saturated carbocycles. The van der Waals surface area contributed by atoms with Gasteiger partial charge in [-0.1, -0.05) is 37.3 Å². The third-order valence-electron chi connectivity index (χ3n) is 5.62. The lowest BCUT2D eigenvalue weighted by Gasteiger charge is -2.31. The lowest BCUT2D eigenvalue weighted by Crippen LogP contribution is -2.45. The summed E-state index contributed by atoms with van der Waals surface area (Å²) >= 11 is 0. The maximum atomic E-state index is 14.0. The Labute approximate surface area is 176 Å². The number of rotatable bonds is 9. The SMILES string of the molecule is CCC(=O)c1cc(C(=O)CCCC2CCNCC2(F)F)cc(Cc2ccccc2)n1. The van der Waals surface area contributed by atoms with Gasteiger partial charge < -0.3 is 5.32 Å². The molecule has 0 bridgehead atoms. The van der Waals surface area contributed by atoms with Gasteiger partial charge in [0, 0.05) is 36.4 Å². The van der Waals surface area contributed by atoms with Gasteiger partial charge in [0.25, 0.3) is 5.92 Å². The van der Waals surface area contributed by atoms with E-state index in [-0.39, 0.29) is 24.5 Å². The van der Waals surface area contributed by atoms with Crippen LogP contribution in [0.2, 0.25) is 0 Å². The smallest absolute Gasteiger partial charge is 0.263 e. The van der Waals surface area contributed by atoms with E-state index in [1.165, 1.54) is 0 Å². The quantitative estimate of drug-likeness (QED) is 0.595. The van der Waals surface area contributed by atoms with Crippen LogP contribution >= 0.6 is 0 Å². The number of halogens is 2. The third kappa shape index (κ3) is 5.79. The lowest BCUT2D eigenvalue weighted by molar-refractivity contribution is -0.0764. The van der Waals surface area contributed by atoms with Crippen LogP contribution in [0.5, 0.6) is 0 Å². The Morgan fingerprint density at radius 1 is 1.17 bits per heavy atom. The first kappa shape index (κ1) is 22.2. The average Bonchev–Trinajstić information content (AvgIpc) is 2.74. The Hall–Kier alpha value is -2.47. The summed E-state index contributed by atoms with van der Waals surface area (Å²) in [5.41, 5.74) is 2.43. The van der Waals surface area contributed by atoms with E-state index in [4.69, 9.17) is 0 Å². The van der Waals surface area contributed by atoms with E-state index in [2.05, 4.69) is 10.3 Å². The van der Waals surface area contributed by atoms with E-state index in [9.17, 15) is 18.4 Å². The minimum absolute atomic E-state index is 0.117. The van der Waals surface area contributed by atoms with Gasteiger partial charge in [0.1, 0.15) is 5.69 Å². The van der Waals surface area contributed by atoms with Crippen molar-refractivity contribution in [2.24, 2.45) is 5.92 Å². The molecule has 0 aliphatic carbocycles. The van der Waals surface area contributed by atoms with Crippen LogP contribution in [-0.2, 0) is 6.42 Å². The molecule has 0 amide bonds. The van der Waals surface area contributed by atoms with Gasteiger partial charge in [0.05, 0.1) is 6.54 Å². The van der Waals surface area contributed by atoms with Gasteiger partial charge in [0.15, 0.2) is 11.6 Å². The molecule has 1 atom stereocenters. The maximum Gasteiger partial charge on any atom is 0.263 e. The van der Waals surface area contributed by atoms with Crippen molar-refractivity contribution >= 4 is 11.6 Å². The van der Waals surface area contributed by atoms with Gasteiger partial charge in [-0.05, 0) is 43.5 Å². The molecule has 2 heterocycles. The minimum Gasteiger partial charge on any atom is -0.311 e. The van der Waals surface area contributed by atoms with Gasteiger partial charge in [-0.3, -0.25) is 9.59 Å². The molecule has 1 fully saturated rings. The number of alkyl halides is 2. The number of hydrogen-bond acceptors (Lipinski definition) is 4. The molecule has 6 heteroatoms. The first-order chi connectivity index (χ1) is 14.4. The van der Waals surface area contributed by atoms with E-state index >= 15 is 0 Å². The van der Waals surface area contributed by atoms with Gasteiger partial charge in [-0.2, -0.15) is 0 Å². The zero-order chi connectivity index (χ0) is 21.6. The summed E-state index contributed by atoms with van der Waals surface area (Å²) in [6, 6.07) is 13.0. The van der Waals surface area contributed by atoms with E-state index in [1.54, 1.807) is 19.1 Å². The molecule has 0 spiro atoms. The van der Waals surface area contributed by atoms with Gasteiger partial charge in [-0.25, -0.2) is 13.8 Å². The van der Waals surface area contributed by atoms with Crippen molar-refractivity contribution < 1.29 is 18.4 Å². The summed E-state index contributed by atoms with van der Waals surface area (Å²) in [6.07, 6.45) is 2.17. The second-order valence-corrected chi connectivity index (χ2v) is 7.91. The molecular formula is C24H28F2N2O2. The van der Waals surface area contributed by atoms with Crippen molar-refractivity contribution in [1.82, 2.24) is 10.3 Å². The number of piperidine rings is 1. The highest BCUT2D eigenvalue weighted by atomic mass is 19.3. The molecule has 4 nitrogen and oxygen atoms in total. The zero-order valence-corrected chi connectivity index (χ0v) is 17.3. The standard InChI is InChI=1S/C24H28F2N2O2/c1-2-22(29)21-15-18(14-20(28-21)13-17-7-4-3-5-8-17)23(30)10-6-9-19-11-12-27-16-24(19,25)26/h3-5,7-8,14-15,19,27H,2,6,9-13,16H2,1H3. The number of nitrogens with one attached hydrogen (secondary N) is 1. The highest BCUT2D eigenvalue weighted by molar-refractivity contribution is 6.00. The molecule has 1 N–H and O–H groups in total. The Bertz CT molecular complexity index is 884. The minimum atomic E-state index is -2.72. The van der Waals surface area contributed by atoms with E-state index in [0.717, 1.165) is 5.56 Å². The summed E-state index contributed by atoms with van der Waals surface area (Å²) in [5.74, 6) is -3.65. The van der Waals surface area contributed by atoms with Crippen LogP contribution in [0.3, 0.4) is 0 Å². The molecule has 0 radical (unpaired) electrons. The number of ketones is 2. The Balaban J connectivity index is 1.70. The van der Waals surface area contributed by atoms with Crippen LogP contribution in [0.4, 0.5) is 8.78 Å². The molecule has 1 saturated heterocycles. The lowest BCUT2D eigenvalue weighted by atomic mass is 9.88. The Morgan fingerprint density at radius 2 is 1.93 bits per heavy atom. The van der Waals surface area contributed by atoms with Crippen LogP contribution in [0.1, 0.15) is 71.1 Å². The predicted molar refractivity (Wildman–Crippen MR) is 112 cm³/mol. The summed E-state index contributed by atoms with van der Waals surface area (Å²) in [6.45, 7) is 2.06. The number of benzene rings is 1. The summed E-state index contributed by atoms with van der Waals surface area (Å²) in [7, 11) is 0. The van der Waals surface area contributed by atoms with Crippen LogP contribution in [0.15, 0.2) is 42.5 Å². The molecule has 2 aromatic rings. The Kier molecular flexibility index (Phi) is 7.43. The van der Waals surface area contributed by atoms with Crippen molar-refractivity contribution in [3.8, 4) is 0 Å². The molecule has 1 aliphatic heterocycles. The van der Waals surface area contributed by atoms with E-state index in [0.29, 0.717) is 55.6 Å². The number of aromatic nitrogens is 1. The van der Waals surface area contributed by atoms with Crippen LogP contribution in [-0.4, -0.2) is 35.6 Å². The largest absolute Gasteiger partial charge is 0.311 e. The van der Waals surface area contributed by atoms with Crippen molar-refractivity contribution in [2.45, 2.75) is 51.4 Å². The molecule has 1 aromatic heterocycles. The fourth-order valence-corrected chi connectivity index (χ4v) is 3.86. The molecule has 1 aromatic carbocycles. The Morgan fingerprint density at radius 3 is 2.63 bits per heavy atom. The molecule has 3 rings (SSSR count). The third-order valence-corrected chi connectivity index (χ3v) is 5.62. The normalized spacial score (nSPS) is 18.2. The monoisotopic (exact) mass is 414 g/mol. The van der Waals surface area contributed by atoms with Gasteiger partial charge >= 0.3 is 0 Å². The van der Waals surface area contributed by atoms with Gasteiger partial charge in [0.2, 0.25) is 0 Å². The topological polar surface area (TPSA) is 59.1 Å². The van der Waals surface area contributed by atoms with E-state index < -0.39 is 11.8 Å². The number of Topliss-reactive ketones (excluding diaryl/α,β-unsaturated/α-hetero) is 2. The van der Waals surface area contributed by atoms with Crippen molar-refractivity contribution in [2.75, 3.05) is 13.1 Å². The van der Waals surface area contributed by atoms with Gasteiger partial charge in [-0.15, -0.1) is 0 Å². The highest BCUT2D eigenvalue weighted by Gasteiger charge is 2.40. The first-order valence-electron chi connectivity index (χ1n) is 10.6. The maximum absolute atomic E-state index is 14.0. The molecule has 1 aliphatic rings. The van der Waals surface area contributed by atoms with Crippen molar-refractivity contribution in [3.05, 3.63) is 65.0 Å². The van der Waals surface area contributed by atoms with Crippen LogP contribution < -0.4 is 5.32 Å². The molecular weight excluding hydrogens is 386 g/mol. The number of carbonyl (C=O) groups is 2. The summed E-state index contributed by atoms with van der Waals surface area (Å²) in [4.78, 5) is 29.4. The summed E-state index contributed by atoms with van der Waals surface area (Å²) < 4.78 is 27.9. The molecule has 1 unspecified atom stereocenters. The van der Waals surface area contributed by atoms with E-state index in [1.807, 2.05) is 30.3 Å². The van der Waals surface area contributed by atoms with Crippen molar-refractivity contribution in [3.63, 3.8) is 0 Å². The summed E-state index contributed by atoms with van der Waals surface area (Å²) in [5, 5.41) is 2.72. The number of carbonyl (C=O) groups excluding carboxylic acids is 2. The molecule has 160 valence electrons. The fraction of sp³-hybridized carbons (Fsp3) is 0.458. The zero-order valence-electron chi connectivity index (χ0n) is 17.3. The highest BCUT2D eigenvalue weighted by Crippen LogP contribution is 2.33. The second kappa shape index (κ2) is 10.0. The average molecular weight is 414 g/mol. The van der Waals surface area contributed by atoms with Crippen LogP contribution in [0, 0.1) is 5.92 Å². The van der Waals surface area contributed by atoms with Crippen molar-refractivity contribution in [1.29, 1.82) is 0 Å². The van der Waals surface area contributed by atoms with Crippen LogP contribution in [0.25, 0.3) is 0 Å². The number of hydrogen-bond donors (Lipinski definition) is 1. The number of nitrogens with zero attached hydrogens (tertiary/aromatic N) is 1. The first-order valence-corrected chi connectivity index (χ1v) is 10.6. The second-order valence-electron chi connectivity index (χ2n) is 7.91. The number of pyridine rings is 1. The predicted octanol–water partition coefficient (Wildman–Crippen LogP) is 4.86. The fourth-order valence-electron chi connectivity index (χ4n) is 3.86. The molecule has 30 heavy (non-hydrogen) atoms.